The van der Waals surface area contributed by atoms with Crippen LogP contribution >= 0.6 is 0 Å². The van der Waals surface area contributed by atoms with Crippen molar-refractivity contribution >= 4 is 28.6 Å². The third-order valence-electron chi connectivity index (χ3n) is 5.77. The highest BCUT2D eigenvalue weighted by Crippen LogP contribution is 2.20. The van der Waals surface area contributed by atoms with Crippen LogP contribution in [-0.2, 0) is 25.5 Å². The Labute approximate surface area is 177 Å². The van der Waals surface area contributed by atoms with Crippen molar-refractivity contribution in [2.45, 2.75) is 39.2 Å². The van der Waals surface area contributed by atoms with Gasteiger partial charge in [-0.1, -0.05) is 56.3 Å². The highest BCUT2D eigenvalue weighted by atomic mass is 16.5. The summed E-state index contributed by atoms with van der Waals surface area (Å²) in [5.41, 5.74) is 0.917. The minimum Gasteiger partial charge on any atom is -0.469 e. The molecule has 1 saturated heterocycles. The molecule has 1 N–H and O–H groups in total. The summed E-state index contributed by atoms with van der Waals surface area (Å²) in [6.07, 6.45) is 1.41. The Balaban J connectivity index is 1.61. The molecule has 2 aromatic carbocycles. The van der Waals surface area contributed by atoms with E-state index in [1.165, 1.54) is 7.11 Å². The zero-order valence-electron chi connectivity index (χ0n) is 17.9. The van der Waals surface area contributed by atoms with E-state index in [0.717, 1.165) is 16.3 Å². The van der Waals surface area contributed by atoms with Gasteiger partial charge < -0.3 is 15.0 Å². The van der Waals surface area contributed by atoms with Crippen LogP contribution < -0.4 is 5.32 Å². The Kier molecular flexibility index (Phi) is 7.08. The summed E-state index contributed by atoms with van der Waals surface area (Å²) in [4.78, 5) is 39.2. The van der Waals surface area contributed by atoms with Gasteiger partial charge in [-0.3, -0.25) is 14.4 Å². The molecule has 1 aliphatic heterocycles. The van der Waals surface area contributed by atoms with Crippen molar-refractivity contribution in [3.8, 4) is 0 Å². The smallest absolute Gasteiger partial charge is 0.308 e. The maximum Gasteiger partial charge on any atom is 0.308 e. The summed E-state index contributed by atoms with van der Waals surface area (Å²) in [6, 6.07) is 13.4. The monoisotopic (exact) mass is 410 g/mol. The molecule has 160 valence electrons. The van der Waals surface area contributed by atoms with Crippen molar-refractivity contribution in [2.75, 3.05) is 20.2 Å². The van der Waals surface area contributed by atoms with Crippen molar-refractivity contribution in [3.05, 3.63) is 48.0 Å². The van der Waals surface area contributed by atoms with Gasteiger partial charge in [-0.15, -0.1) is 0 Å². The van der Waals surface area contributed by atoms with Gasteiger partial charge in [0.05, 0.1) is 19.4 Å². The number of piperidine rings is 1. The molecular formula is C24H30N2O4. The number of amides is 2. The second-order valence-corrected chi connectivity index (χ2v) is 8.27. The van der Waals surface area contributed by atoms with Gasteiger partial charge in [0.2, 0.25) is 11.8 Å². The Morgan fingerprint density at radius 3 is 2.37 bits per heavy atom. The Hall–Kier alpha value is -2.89. The van der Waals surface area contributed by atoms with Crippen molar-refractivity contribution in [1.29, 1.82) is 0 Å². The van der Waals surface area contributed by atoms with Crippen LogP contribution in [0.2, 0.25) is 0 Å². The lowest BCUT2D eigenvalue weighted by atomic mass is 9.95. The molecule has 0 radical (unpaired) electrons. The van der Waals surface area contributed by atoms with Gasteiger partial charge in [0, 0.05) is 13.1 Å². The maximum absolute atomic E-state index is 13.0. The van der Waals surface area contributed by atoms with E-state index in [2.05, 4.69) is 5.32 Å². The van der Waals surface area contributed by atoms with Gasteiger partial charge in [-0.2, -0.15) is 0 Å². The molecule has 2 aromatic rings. The number of hydrogen-bond acceptors (Lipinski definition) is 4. The van der Waals surface area contributed by atoms with E-state index in [0.29, 0.717) is 25.9 Å². The van der Waals surface area contributed by atoms with Gasteiger partial charge in [0.25, 0.3) is 0 Å². The van der Waals surface area contributed by atoms with E-state index in [1.54, 1.807) is 4.90 Å². The highest BCUT2D eigenvalue weighted by Gasteiger charge is 2.33. The fourth-order valence-corrected chi connectivity index (χ4v) is 3.97. The molecule has 30 heavy (non-hydrogen) atoms. The largest absolute Gasteiger partial charge is 0.469 e. The lowest BCUT2D eigenvalue weighted by molar-refractivity contribution is -0.149. The number of carbonyl (C=O) groups excluding carboxylic acids is 3. The topological polar surface area (TPSA) is 75.7 Å². The molecule has 2 amide bonds. The molecule has 3 rings (SSSR count). The first-order chi connectivity index (χ1) is 14.4. The number of nitrogens with zero attached hydrogens (tertiary/aromatic N) is 1. The van der Waals surface area contributed by atoms with Crippen LogP contribution in [0.4, 0.5) is 0 Å². The summed E-state index contributed by atoms with van der Waals surface area (Å²) in [6.45, 7) is 4.87. The molecular weight excluding hydrogens is 380 g/mol. The zero-order valence-corrected chi connectivity index (χ0v) is 17.9. The zero-order chi connectivity index (χ0) is 21.7. The van der Waals surface area contributed by atoms with Crippen molar-refractivity contribution in [3.63, 3.8) is 0 Å². The lowest BCUT2D eigenvalue weighted by Crippen LogP contribution is -2.53. The molecule has 6 heteroatoms. The number of hydrogen-bond donors (Lipinski definition) is 1. The van der Waals surface area contributed by atoms with E-state index in [1.807, 2.05) is 56.3 Å². The predicted octanol–water partition coefficient (Wildman–Crippen LogP) is 2.93. The number of esters is 1. The van der Waals surface area contributed by atoms with Gasteiger partial charge in [0.15, 0.2) is 0 Å². The fourth-order valence-electron chi connectivity index (χ4n) is 3.97. The Bertz CT molecular complexity index is 916. The molecule has 6 nitrogen and oxygen atoms in total. The van der Waals surface area contributed by atoms with E-state index < -0.39 is 6.04 Å². The summed E-state index contributed by atoms with van der Waals surface area (Å²) in [7, 11) is 1.39. The molecule has 1 aliphatic rings. The first-order valence-electron chi connectivity index (χ1n) is 10.5. The Morgan fingerprint density at radius 2 is 1.73 bits per heavy atom. The van der Waals surface area contributed by atoms with Gasteiger partial charge in [0.1, 0.15) is 6.04 Å². The van der Waals surface area contributed by atoms with Crippen LogP contribution in [0.1, 0.15) is 32.3 Å². The first kappa shape index (κ1) is 21.8. The van der Waals surface area contributed by atoms with Crippen LogP contribution in [0.25, 0.3) is 10.8 Å². The van der Waals surface area contributed by atoms with E-state index >= 15 is 0 Å². The summed E-state index contributed by atoms with van der Waals surface area (Å²) >= 11 is 0. The molecule has 0 saturated carbocycles. The van der Waals surface area contributed by atoms with E-state index in [4.69, 9.17) is 4.74 Å². The van der Waals surface area contributed by atoms with Crippen LogP contribution in [0.15, 0.2) is 42.5 Å². The molecule has 1 unspecified atom stereocenters. The standard InChI is InChI=1S/C24H30N2O4/c1-16(2)22(23(28)26-12-10-19(11-13-26)24(29)30-3)25-21(27)15-17-8-9-18-6-4-5-7-20(18)14-17/h4-9,14,16,19,22H,10-13,15H2,1-3H3,(H,25,27). The molecule has 1 atom stereocenters. The molecule has 0 aromatic heterocycles. The quantitative estimate of drug-likeness (QED) is 0.743. The van der Waals surface area contributed by atoms with Crippen molar-refractivity contribution in [1.82, 2.24) is 10.2 Å². The second-order valence-electron chi connectivity index (χ2n) is 8.27. The number of carbonyl (C=O) groups is 3. The fraction of sp³-hybridized carbons (Fsp3) is 0.458. The van der Waals surface area contributed by atoms with Crippen LogP contribution in [0.3, 0.4) is 0 Å². The minimum absolute atomic E-state index is 0.0311. The number of nitrogens with one attached hydrogen (secondary N) is 1. The number of methoxy groups -OCH3 is 1. The van der Waals surface area contributed by atoms with Crippen LogP contribution in [0, 0.1) is 11.8 Å². The third-order valence-corrected chi connectivity index (χ3v) is 5.77. The molecule has 1 heterocycles. The second kappa shape index (κ2) is 9.74. The van der Waals surface area contributed by atoms with Crippen LogP contribution in [0.5, 0.6) is 0 Å². The maximum atomic E-state index is 13.0. The van der Waals surface area contributed by atoms with E-state index in [-0.39, 0.29) is 36.0 Å². The SMILES string of the molecule is COC(=O)C1CCN(C(=O)C(NC(=O)Cc2ccc3ccccc3c2)C(C)C)CC1. The van der Waals surface area contributed by atoms with Crippen LogP contribution in [-0.4, -0.2) is 48.9 Å². The van der Waals surface area contributed by atoms with Gasteiger partial charge in [-0.25, -0.2) is 0 Å². The number of rotatable bonds is 6. The summed E-state index contributed by atoms with van der Waals surface area (Å²) in [5, 5.41) is 5.16. The van der Waals surface area contributed by atoms with Crippen molar-refractivity contribution < 1.29 is 19.1 Å². The molecule has 0 spiro atoms. The normalized spacial score (nSPS) is 15.8. The van der Waals surface area contributed by atoms with Gasteiger partial charge >= 0.3 is 5.97 Å². The van der Waals surface area contributed by atoms with E-state index in [9.17, 15) is 14.4 Å². The predicted molar refractivity (Wildman–Crippen MR) is 116 cm³/mol. The molecule has 0 bridgehead atoms. The van der Waals surface area contributed by atoms with Crippen molar-refractivity contribution in [2.24, 2.45) is 11.8 Å². The summed E-state index contributed by atoms with van der Waals surface area (Å²) in [5.74, 6) is -0.649. The first-order valence-corrected chi connectivity index (χ1v) is 10.5. The number of fused-ring (bicyclic) bond motifs is 1. The average Bonchev–Trinajstić information content (AvgIpc) is 2.76. The highest BCUT2D eigenvalue weighted by molar-refractivity contribution is 5.90. The number of benzene rings is 2. The number of likely N-dealkylation sites (tertiary alicyclic amines) is 1. The molecule has 1 fully saturated rings. The lowest BCUT2D eigenvalue weighted by Gasteiger charge is -2.34. The van der Waals surface area contributed by atoms with Gasteiger partial charge in [-0.05, 0) is 35.1 Å². The number of ether oxygens (including phenoxy) is 1. The third kappa shape index (κ3) is 5.17. The Morgan fingerprint density at radius 1 is 1.07 bits per heavy atom. The average molecular weight is 411 g/mol. The summed E-state index contributed by atoms with van der Waals surface area (Å²) < 4.78 is 4.81. The minimum atomic E-state index is -0.576. The molecule has 0 aliphatic carbocycles.